The predicted molar refractivity (Wildman–Crippen MR) is 69.8 cm³/mol. The van der Waals surface area contributed by atoms with Gasteiger partial charge in [0, 0.05) is 30.9 Å². The minimum absolute atomic E-state index is 0.0159. The van der Waals surface area contributed by atoms with Crippen LogP contribution in [0.1, 0.15) is 24.9 Å². The normalized spacial score (nSPS) is 14.8. The van der Waals surface area contributed by atoms with Crippen molar-refractivity contribution < 1.29 is 4.74 Å². The SMILES string of the molecule is COC(C)CC(N)c1cccc2ccncc12. The van der Waals surface area contributed by atoms with Gasteiger partial charge in [-0.3, -0.25) is 4.98 Å². The molecular weight excluding hydrogens is 212 g/mol. The maximum Gasteiger partial charge on any atom is 0.0561 e. The Morgan fingerprint density at radius 3 is 2.94 bits per heavy atom. The minimum atomic E-state index is -0.0159. The van der Waals surface area contributed by atoms with E-state index in [1.807, 2.05) is 25.3 Å². The molecule has 1 aromatic carbocycles. The van der Waals surface area contributed by atoms with Crippen LogP contribution in [0.25, 0.3) is 10.8 Å². The fraction of sp³-hybridized carbons (Fsp3) is 0.357. The van der Waals surface area contributed by atoms with Crippen molar-refractivity contribution in [2.24, 2.45) is 5.73 Å². The van der Waals surface area contributed by atoms with Crippen molar-refractivity contribution in [3.8, 4) is 0 Å². The van der Waals surface area contributed by atoms with E-state index in [0.717, 1.165) is 17.4 Å². The first-order chi connectivity index (χ1) is 8.22. The highest BCUT2D eigenvalue weighted by Gasteiger charge is 2.13. The van der Waals surface area contributed by atoms with Crippen LogP contribution in [-0.2, 0) is 4.74 Å². The highest BCUT2D eigenvalue weighted by Crippen LogP contribution is 2.25. The third-order valence-corrected chi connectivity index (χ3v) is 3.11. The quantitative estimate of drug-likeness (QED) is 0.878. The minimum Gasteiger partial charge on any atom is -0.382 e. The molecule has 0 amide bonds. The Morgan fingerprint density at radius 2 is 2.18 bits per heavy atom. The van der Waals surface area contributed by atoms with Gasteiger partial charge in [0.25, 0.3) is 0 Å². The molecule has 3 heteroatoms. The maximum atomic E-state index is 6.23. The van der Waals surface area contributed by atoms with Gasteiger partial charge in [0.15, 0.2) is 0 Å². The lowest BCUT2D eigenvalue weighted by molar-refractivity contribution is 0.105. The number of ether oxygens (including phenoxy) is 1. The zero-order valence-electron chi connectivity index (χ0n) is 10.3. The van der Waals surface area contributed by atoms with Gasteiger partial charge in [0.05, 0.1) is 6.10 Å². The maximum absolute atomic E-state index is 6.23. The number of hydrogen-bond acceptors (Lipinski definition) is 3. The largest absolute Gasteiger partial charge is 0.382 e. The molecule has 0 aliphatic carbocycles. The van der Waals surface area contributed by atoms with Gasteiger partial charge >= 0.3 is 0 Å². The number of pyridine rings is 1. The molecule has 0 saturated heterocycles. The summed E-state index contributed by atoms with van der Waals surface area (Å²) in [7, 11) is 1.71. The Hall–Kier alpha value is -1.45. The summed E-state index contributed by atoms with van der Waals surface area (Å²) in [6.07, 6.45) is 4.65. The van der Waals surface area contributed by atoms with Crippen molar-refractivity contribution in [2.75, 3.05) is 7.11 Å². The molecule has 2 atom stereocenters. The molecule has 0 bridgehead atoms. The third-order valence-electron chi connectivity index (χ3n) is 3.11. The van der Waals surface area contributed by atoms with Gasteiger partial charge < -0.3 is 10.5 Å². The van der Waals surface area contributed by atoms with E-state index in [9.17, 15) is 0 Å². The fourth-order valence-corrected chi connectivity index (χ4v) is 2.04. The van der Waals surface area contributed by atoms with Crippen molar-refractivity contribution in [1.29, 1.82) is 0 Å². The van der Waals surface area contributed by atoms with Crippen molar-refractivity contribution in [3.63, 3.8) is 0 Å². The number of fused-ring (bicyclic) bond motifs is 1. The molecule has 0 spiro atoms. The molecule has 0 saturated carbocycles. The van der Waals surface area contributed by atoms with Gasteiger partial charge in [0.2, 0.25) is 0 Å². The molecule has 0 aliphatic rings. The first kappa shape index (κ1) is 12.0. The number of benzene rings is 1. The Kier molecular flexibility index (Phi) is 3.71. The molecule has 17 heavy (non-hydrogen) atoms. The predicted octanol–water partition coefficient (Wildman–Crippen LogP) is 2.66. The van der Waals surface area contributed by atoms with Gasteiger partial charge in [-0.05, 0) is 30.4 Å². The average Bonchev–Trinajstić information content (AvgIpc) is 2.37. The van der Waals surface area contributed by atoms with Gasteiger partial charge in [-0.1, -0.05) is 18.2 Å². The summed E-state index contributed by atoms with van der Waals surface area (Å²) in [6.45, 7) is 2.03. The zero-order chi connectivity index (χ0) is 12.3. The Bertz CT molecular complexity index is 493. The summed E-state index contributed by atoms with van der Waals surface area (Å²) in [5, 5.41) is 2.31. The lowest BCUT2D eigenvalue weighted by atomic mass is 9.97. The molecule has 0 aliphatic heterocycles. The van der Waals surface area contributed by atoms with Gasteiger partial charge in [-0.2, -0.15) is 0 Å². The lowest BCUT2D eigenvalue weighted by Crippen LogP contribution is -2.18. The summed E-state index contributed by atoms with van der Waals surface area (Å²) in [5.41, 5.74) is 7.37. The number of rotatable bonds is 4. The summed E-state index contributed by atoms with van der Waals surface area (Å²) < 4.78 is 5.26. The molecule has 2 aromatic rings. The first-order valence-electron chi connectivity index (χ1n) is 5.83. The molecule has 1 aromatic heterocycles. The second-order valence-electron chi connectivity index (χ2n) is 4.33. The Morgan fingerprint density at radius 1 is 1.35 bits per heavy atom. The number of methoxy groups -OCH3 is 1. The van der Waals surface area contributed by atoms with Gasteiger partial charge in [-0.25, -0.2) is 0 Å². The second kappa shape index (κ2) is 5.25. The Balaban J connectivity index is 2.34. The zero-order valence-corrected chi connectivity index (χ0v) is 10.3. The molecule has 1 heterocycles. The van der Waals surface area contributed by atoms with E-state index < -0.39 is 0 Å². The summed E-state index contributed by atoms with van der Waals surface area (Å²) in [6, 6.07) is 8.17. The molecule has 0 radical (unpaired) electrons. The summed E-state index contributed by atoms with van der Waals surface area (Å²) >= 11 is 0. The Labute approximate surface area is 102 Å². The van der Waals surface area contributed by atoms with Crippen LogP contribution in [0.5, 0.6) is 0 Å². The van der Waals surface area contributed by atoms with Crippen LogP contribution in [0.4, 0.5) is 0 Å². The van der Waals surface area contributed by atoms with Crippen LogP contribution in [0, 0.1) is 0 Å². The monoisotopic (exact) mass is 230 g/mol. The summed E-state index contributed by atoms with van der Waals surface area (Å²) in [5.74, 6) is 0. The second-order valence-corrected chi connectivity index (χ2v) is 4.33. The molecule has 0 fully saturated rings. The van der Waals surface area contributed by atoms with Gasteiger partial charge in [-0.15, -0.1) is 0 Å². The highest BCUT2D eigenvalue weighted by atomic mass is 16.5. The van der Waals surface area contributed by atoms with Crippen LogP contribution in [-0.4, -0.2) is 18.2 Å². The van der Waals surface area contributed by atoms with E-state index in [4.69, 9.17) is 10.5 Å². The number of nitrogens with two attached hydrogens (primary N) is 1. The molecule has 2 unspecified atom stereocenters. The molecular formula is C14H18N2O. The van der Waals surface area contributed by atoms with Crippen molar-refractivity contribution in [2.45, 2.75) is 25.5 Å². The number of nitrogens with zero attached hydrogens (tertiary/aromatic N) is 1. The molecule has 2 N–H and O–H groups in total. The number of hydrogen-bond donors (Lipinski definition) is 1. The number of aromatic nitrogens is 1. The topological polar surface area (TPSA) is 48.1 Å². The highest BCUT2D eigenvalue weighted by molar-refractivity contribution is 5.85. The van der Waals surface area contributed by atoms with Crippen molar-refractivity contribution >= 4 is 10.8 Å². The van der Waals surface area contributed by atoms with E-state index in [1.165, 1.54) is 5.39 Å². The van der Waals surface area contributed by atoms with Crippen molar-refractivity contribution in [3.05, 3.63) is 42.2 Å². The fourth-order valence-electron chi connectivity index (χ4n) is 2.04. The van der Waals surface area contributed by atoms with E-state index in [-0.39, 0.29) is 12.1 Å². The van der Waals surface area contributed by atoms with Crippen LogP contribution >= 0.6 is 0 Å². The van der Waals surface area contributed by atoms with E-state index >= 15 is 0 Å². The smallest absolute Gasteiger partial charge is 0.0561 e. The van der Waals surface area contributed by atoms with Crippen LogP contribution < -0.4 is 5.73 Å². The van der Waals surface area contributed by atoms with Crippen LogP contribution in [0.2, 0.25) is 0 Å². The van der Waals surface area contributed by atoms with Crippen LogP contribution in [0.3, 0.4) is 0 Å². The van der Waals surface area contributed by atoms with E-state index in [0.29, 0.717) is 0 Å². The average molecular weight is 230 g/mol. The first-order valence-corrected chi connectivity index (χ1v) is 5.83. The summed E-state index contributed by atoms with van der Waals surface area (Å²) in [4.78, 5) is 4.17. The molecule has 3 nitrogen and oxygen atoms in total. The standard InChI is InChI=1S/C14H18N2O/c1-10(17-2)8-14(15)12-5-3-4-11-6-7-16-9-13(11)12/h3-7,9-10,14H,8,15H2,1-2H3. The van der Waals surface area contributed by atoms with Gasteiger partial charge in [0.1, 0.15) is 0 Å². The third kappa shape index (κ3) is 2.62. The van der Waals surface area contributed by atoms with E-state index in [2.05, 4.69) is 17.1 Å². The lowest BCUT2D eigenvalue weighted by Gasteiger charge is -2.18. The van der Waals surface area contributed by atoms with E-state index in [1.54, 1.807) is 13.3 Å². The molecule has 90 valence electrons. The van der Waals surface area contributed by atoms with Crippen LogP contribution in [0.15, 0.2) is 36.7 Å². The molecule has 2 rings (SSSR count). The van der Waals surface area contributed by atoms with Crippen molar-refractivity contribution in [1.82, 2.24) is 4.98 Å².